The van der Waals surface area contributed by atoms with E-state index in [1.54, 1.807) is 30.0 Å². The summed E-state index contributed by atoms with van der Waals surface area (Å²) in [7, 11) is 0. The number of amides is 3. The topological polar surface area (TPSA) is 87.7 Å². The van der Waals surface area contributed by atoms with Crippen LogP contribution in [0.2, 0.25) is 0 Å². The molecule has 0 aromatic heterocycles. The molecule has 1 aliphatic carbocycles. The largest absolute Gasteiger partial charge is 0.463 e. The van der Waals surface area contributed by atoms with Crippen LogP contribution >= 0.6 is 0 Å². The third-order valence-electron chi connectivity index (χ3n) is 4.94. The van der Waals surface area contributed by atoms with Gasteiger partial charge in [-0.05, 0) is 56.4 Å². The van der Waals surface area contributed by atoms with E-state index in [1.165, 1.54) is 6.08 Å². The second kappa shape index (κ2) is 9.39. The molecule has 2 N–H and O–H groups in total. The predicted molar refractivity (Wildman–Crippen MR) is 107 cm³/mol. The highest BCUT2D eigenvalue weighted by Crippen LogP contribution is 2.29. The molecule has 1 aromatic carbocycles. The predicted octanol–water partition coefficient (Wildman–Crippen LogP) is 2.79. The van der Waals surface area contributed by atoms with Crippen LogP contribution in [-0.2, 0) is 14.3 Å². The van der Waals surface area contributed by atoms with Crippen LogP contribution in [0.25, 0.3) is 6.08 Å². The van der Waals surface area contributed by atoms with Gasteiger partial charge < -0.3 is 20.3 Å². The van der Waals surface area contributed by atoms with Crippen molar-refractivity contribution >= 4 is 29.7 Å². The van der Waals surface area contributed by atoms with Crippen LogP contribution < -0.4 is 10.6 Å². The average Bonchev–Trinajstić information content (AvgIpc) is 3.54. The standard InChI is InChI=1S/C21H27N3O4/c1-2-28-19(25)10-5-15-3-8-17(9-4-15)23-21(27)24-13-11-18(12-14-24)22-20(26)16-6-7-16/h3-5,8-10,16,18H,2,6-7,11-14H2,1H3,(H,22,26)(H,23,27). The molecule has 0 spiro atoms. The molecule has 0 bridgehead atoms. The van der Waals surface area contributed by atoms with E-state index in [-0.39, 0.29) is 29.9 Å². The summed E-state index contributed by atoms with van der Waals surface area (Å²) in [6, 6.07) is 7.27. The van der Waals surface area contributed by atoms with Crippen molar-refractivity contribution in [2.24, 2.45) is 5.92 Å². The first kappa shape index (κ1) is 19.9. The van der Waals surface area contributed by atoms with Gasteiger partial charge in [0.2, 0.25) is 5.91 Å². The Morgan fingerprint density at radius 1 is 1.11 bits per heavy atom. The van der Waals surface area contributed by atoms with Gasteiger partial charge in [-0.3, -0.25) is 4.79 Å². The number of nitrogens with one attached hydrogen (secondary N) is 2. The first-order valence-corrected chi connectivity index (χ1v) is 9.86. The summed E-state index contributed by atoms with van der Waals surface area (Å²) in [5, 5.41) is 5.98. The van der Waals surface area contributed by atoms with Crippen molar-refractivity contribution in [2.75, 3.05) is 25.0 Å². The van der Waals surface area contributed by atoms with Crippen LogP contribution in [0.1, 0.15) is 38.2 Å². The minimum absolute atomic E-state index is 0.137. The van der Waals surface area contributed by atoms with Crippen LogP contribution in [0.4, 0.5) is 10.5 Å². The minimum atomic E-state index is -0.378. The van der Waals surface area contributed by atoms with Crippen molar-refractivity contribution in [3.63, 3.8) is 0 Å². The number of carbonyl (C=O) groups is 3. The summed E-state index contributed by atoms with van der Waals surface area (Å²) in [4.78, 5) is 37.4. The summed E-state index contributed by atoms with van der Waals surface area (Å²) >= 11 is 0. The third kappa shape index (κ3) is 5.84. The molecule has 1 aromatic rings. The van der Waals surface area contributed by atoms with Gasteiger partial charge in [0.05, 0.1) is 6.61 Å². The first-order valence-electron chi connectivity index (χ1n) is 9.86. The molecule has 0 radical (unpaired) electrons. The van der Waals surface area contributed by atoms with Crippen LogP contribution in [0, 0.1) is 5.92 Å². The Balaban J connectivity index is 1.43. The molecule has 1 heterocycles. The Labute approximate surface area is 165 Å². The molecular weight excluding hydrogens is 358 g/mol. The molecule has 1 saturated heterocycles. The fourth-order valence-electron chi connectivity index (χ4n) is 3.13. The fraction of sp³-hybridized carbons (Fsp3) is 0.476. The Morgan fingerprint density at radius 2 is 1.79 bits per heavy atom. The lowest BCUT2D eigenvalue weighted by Crippen LogP contribution is -2.48. The minimum Gasteiger partial charge on any atom is -0.463 e. The Kier molecular flexibility index (Phi) is 6.68. The van der Waals surface area contributed by atoms with Gasteiger partial charge in [-0.2, -0.15) is 0 Å². The number of carbonyl (C=O) groups excluding carboxylic acids is 3. The van der Waals surface area contributed by atoms with E-state index in [9.17, 15) is 14.4 Å². The van der Waals surface area contributed by atoms with Crippen molar-refractivity contribution in [3.8, 4) is 0 Å². The Morgan fingerprint density at radius 3 is 2.39 bits per heavy atom. The molecule has 1 saturated carbocycles. The molecule has 0 atom stereocenters. The molecule has 28 heavy (non-hydrogen) atoms. The summed E-state index contributed by atoms with van der Waals surface area (Å²) in [6.45, 7) is 3.36. The normalized spacial score (nSPS) is 17.4. The molecule has 2 aliphatic rings. The number of rotatable bonds is 6. The SMILES string of the molecule is CCOC(=O)C=Cc1ccc(NC(=O)N2CCC(NC(=O)C3CC3)CC2)cc1. The molecule has 1 aliphatic heterocycles. The van der Waals surface area contributed by atoms with Crippen LogP contribution in [0.3, 0.4) is 0 Å². The van der Waals surface area contributed by atoms with Gasteiger partial charge in [0, 0.05) is 36.8 Å². The number of ether oxygens (including phenoxy) is 1. The maximum atomic E-state index is 12.4. The summed E-state index contributed by atoms with van der Waals surface area (Å²) < 4.78 is 4.84. The lowest BCUT2D eigenvalue weighted by Gasteiger charge is -2.32. The van der Waals surface area contributed by atoms with Crippen molar-refractivity contribution < 1.29 is 19.1 Å². The maximum Gasteiger partial charge on any atom is 0.330 e. The molecule has 7 nitrogen and oxygen atoms in total. The monoisotopic (exact) mass is 385 g/mol. The van der Waals surface area contributed by atoms with E-state index in [4.69, 9.17) is 4.74 Å². The smallest absolute Gasteiger partial charge is 0.330 e. The number of piperidine rings is 1. The molecule has 3 rings (SSSR count). The van der Waals surface area contributed by atoms with E-state index in [0.29, 0.717) is 25.4 Å². The second-order valence-electron chi connectivity index (χ2n) is 7.18. The zero-order valence-corrected chi connectivity index (χ0v) is 16.1. The number of hydrogen-bond acceptors (Lipinski definition) is 4. The zero-order valence-electron chi connectivity index (χ0n) is 16.1. The molecule has 150 valence electrons. The van der Waals surface area contributed by atoms with Gasteiger partial charge in [0.25, 0.3) is 0 Å². The third-order valence-corrected chi connectivity index (χ3v) is 4.94. The van der Waals surface area contributed by atoms with E-state index >= 15 is 0 Å². The van der Waals surface area contributed by atoms with E-state index in [1.807, 2.05) is 12.1 Å². The highest BCUT2D eigenvalue weighted by Gasteiger charge is 2.32. The van der Waals surface area contributed by atoms with E-state index < -0.39 is 0 Å². The lowest BCUT2D eigenvalue weighted by atomic mass is 10.1. The van der Waals surface area contributed by atoms with Crippen molar-refractivity contribution in [1.82, 2.24) is 10.2 Å². The maximum absolute atomic E-state index is 12.4. The highest BCUT2D eigenvalue weighted by atomic mass is 16.5. The van der Waals surface area contributed by atoms with Crippen molar-refractivity contribution in [1.29, 1.82) is 0 Å². The van der Waals surface area contributed by atoms with Crippen LogP contribution in [-0.4, -0.2) is 48.5 Å². The van der Waals surface area contributed by atoms with Gasteiger partial charge in [0.1, 0.15) is 0 Å². The molecule has 3 amide bonds. The fourth-order valence-corrected chi connectivity index (χ4v) is 3.13. The Hall–Kier alpha value is -2.83. The molecular formula is C21H27N3O4. The quantitative estimate of drug-likeness (QED) is 0.582. The first-order chi connectivity index (χ1) is 13.5. The number of nitrogens with zero attached hydrogens (tertiary/aromatic N) is 1. The van der Waals surface area contributed by atoms with Gasteiger partial charge in [-0.25, -0.2) is 9.59 Å². The van der Waals surface area contributed by atoms with Crippen molar-refractivity contribution in [2.45, 2.75) is 38.6 Å². The number of benzene rings is 1. The van der Waals surface area contributed by atoms with E-state index in [2.05, 4.69) is 10.6 Å². The Bertz CT molecular complexity index is 733. The van der Waals surface area contributed by atoms with Crippen molar-refractivity contribution in [3.05, 3.63) is 35.9 Å². The number of likely N-dealkylation sites (tertiary alicyclic amines) is 1. The van der Waals surface area contributed by atoms with Gasteiger partial charge in [0.15, 0.2) is 0 Å². The highest BCUT2D eigenvalue weighted by molar-refractivity contribution is 5.90. The summed E-state index contributed by atoms with van der Waals surface area (Å²) in [5.41, 5.74) is 1.54. The average molecular weight is 385 g/mol. The summed E-state index contributed by atoms with van der Waals surface area (Å²) in [5.74, 6) is 0.00744. The van der Waals surface area contributed by atoms with Gasteiger partial charge in [-0.15, -0.1) is 0 Å². The van der Waals surface area contributed by atoms with Crippen LogP contribution in [0.5, 0.6) is 0 Å². The zero-order chi connectivity index (χ0) is 19.9. The lowest BCUT2D eigenvalue weighted by molar-refractivity contribution is -0.137. The van der Waals surface area contributed by atoms with Crippen LogP contribution in [0.15, 0.2) is 30.3 Å². The molecule has 7 heteroatoms. The number of urea groups is 1. The molecule has 2 fully saturated rings. The number of esters is 1. The second-order valence-corrected chi connectivity index (χ2v) is 7.18. The van der Waals surface area contributed by atoms with E-state index in [0.717, 1.165) is 31.2 Å². The number of hydrogen-bond donors (Lipinski definition) is 2. The number of anilines is 1. The summed E-state index contributed by atoms with van der Waals surface area (Å²) in [6.07, 6.45) is 6.62. The van der Waals surface area contributed by atoms with Gasteiger partial charge in [-0.1, -0.05) is 12.1 Å². The molecule has 0 unspecified atom stereocenters. The van der Waals surface area contributed by atoms with Gasteiger partial charge >= 0.3 is 12.0 Å².